The van der Waals surface area contributed by atoms with Crippen LogP contribution in [0.4, 0.5) is 0 Å². The first-order valence-electron chi connectivity index (χ1n) is 7.32. The van der Waals surface area contributed by atoms with E-state index in [-0.39, 0.29) is 19.5 Å². The van der Waals surface area contributed by atoms with Gasteiger partial charge in [-0.25, -0.2) is 0 Å². The van der Waals surface area contributed by atoms with E-state index in [0.717, 1.165) is 13.1 Å². The molecular weight excluding hydrogens is 438 g/mol. The first-order valence-corrected chi connectivity index (χ1v) is 8.95. The minimum Gasteiger partial charge on any atom is -0.411 e. The van der Waals surface area contributed by atoms with Crippen molar-refractivity contribution in [2.45, 2.75) is 13.1 Å². The van der Waals surface area contributed by atoms with Crippen molar-refractivity contribution in [1.29, 1.82) is 0 Å². The van der Waals surface area contributed by atoms with E-state index in [1.165, 1.54) is 11.1 Å². The Morgan fingerprint density at radius 1 is 0.720 bits per heavy atom. The molecule has 0 atom stereocenters. The van der Waals surface area contributed by atoms with Gasteiger partial charge in [0.1, 0.15) is 0 Å². The summed E-state index contributed by atoms with van der Waals surface area (Å²) in [5, 5.41) is 0. The standard InChI is InChI=1S/2C9H11NS2.Zn/c2*1-10(9(11)12)7-8-5-3-2-4-6-8;/h2*2-6H,7H2,1H3,(H,11,12);/p-2. The van der Waals surface area contributed by atoms with E-state index in [9.17, 15) is 0 Å². The molecule has 2 aromatic rings. The van der Waals surface area contributed by atoms with Crippen molar-refractivity contribution in [2.75, 3.05) is 14.1 Å². The van der Waals surface area contributed by atoms with Crippen molar-refractivity contribution in [2.24, 2.45) is 0 Å². The van der Waals surface area contributed by atoms with Crippen LogP contribution >= 0.6 is 24.4 Å². The van der Waals surface area contributed by atoms with E-state index in [0.29, 0.717) is 8.64 Å². The Morgan fingerprint density at radius 2 is 1.00 bits per heavy atom. The zero-order valence-corrected chi connectivity index (χ0v) is 20.7. The summed E-state index contributed by atoms with van der Waals surface area (Å²) in [6.45, 7) is 1.59. The molecule has 7 heteroatoms. The van der Waals surface area contributed by atoms with E-state index >= 15 is 0 Å². The predicted octanol–water partition coefficient (Wildman–Crippen LogP) is 3.90. The summed E-state index contributed by atoms with van der Waals surface area (Å²) >= 11 is 19.4. The van der Waals surface area contributed by atoms with Crippen molar-refractivity contribution < 1.29 is 19.5 Å². The molecule has 0 aliphatic carbocycles. The van der Waals surface area contributed by atoms with Gasteiger partial charge in [-0.1, -0.05) is 69.3 Å². The van der Waals surface area contributed by atoms with Crippen LogP contribution in [0.25, 0.3) is 0 Å². The second-order valence-corrected chi connectivity index (χ2v) is 7.28. The van der Waals surface area contributed by atoms with Gasteiger partial charge in [0.25, 0.3) is 0 Å². The van der Waals surface area contributed by atoms with Gasteiger partial charge in [-0.15, -0.1) is 0 Å². The van der Waals surface area contributed by atoms with Gasteiger partial charge in [-0.05, 0) is 11.1 Å². The van der Waals surface area contributed by atoms with Crippen LogP contribution in [-0.4, -0.2) is 32.5 Å². The molecule has 25 heavy (non-hydrogen) atoms. The molecule has 0 aliphatic rings. The first kappa shape index (κ1) is 24.3. The predicted molar refractivity (Wildman–Crippen MR) is 116 cm³/mol. The van der Waals surface area contributed by atoms with Crippen molar-refractivity contribution in [3.63, 3.8) is 0 Å². The van der Waals surface area contributed by atoms with E-state index < -0.39 is 0 Å². The van der Waals surface area contributed by atoms with Crippen LogP contribution in [0.15, 0.2) is 60.7 Å². The number of rotatable bonds is 4. The molecule has 0 fully saturated rings. The molecule has 0 spiro atoms. The zero-order valence-electron chi connectivity index (χ0n) is 14.4. The normalized spacial score (nSPS) is 9.04. The Labute approximate surface area is 185 Å². The molecule has 2 aromatic carbocycles. The molecule has 2 nitrogen and oxygen atoms in total. The van der Waals surface area contributed by atoms with Crippen LogP contribution in [0.1, 0.15) is 11.1 Å². The minimum atomic E-state index is 0. The number of hydrogen-bond donors (Lipinski definition) is 0. The average Bonchev–Trinajstić information content (AvgIpc) is 2.57. The van der Waals surface area contributed by atoms with Crippen molar-refractivity contribution in [1.82, 2.24) is 9.80 Å². The SMILES string of the molecule is CN(Cc1ccccc1)C(=S)[S-].CN(Cc1ccccc1)C(=S)[S-].[Zn]. The van der Waals surface area contributed by atoms with E-state index in [2.05, 4.69) is 24.3 Å². The summed E-state index contributed by atoms with van der Waals surface area (Å²) in [5.41, 5.74) is 2.46. The number of thiocarbonyl (C=S) groups is 2. The molecular formula is C18H20N2S4Zn-2. The van der Waals surface area contributed by atoms with Crippen LogP contribution in [0.5, 0.6) is 0 Å². The molecule has 0 bridgehead atoms. The second-order valence-electron chi connectivity index (χ2n) is 5.22. The van der Waals surface area contributed by atoms with Crippen LogP contribution in [0, 0.1) is 0 Å². The van der Waals surface area contributed by atoms with E-state index in [1.807, 2.05) is 60.3 Å². The molecule has 0 saturated carbocycles. The fourth-order valence-electron chi connectivity index (χ4n) is 1.84. The Balaban J connectivity index is 0.000000443. The Bertz CT molecular complexity index is 581. The number of nitrogens with zero attached hydrogens (tertiary/aromatic N) is 2. The van der Waals surface area contributed by atoms with Crippen LogP contribution in [0.3, 0.4) is 0 Å². The molecule has 0 aliphatic heterocycles. The summed E-state index contributed by atoms with van der Waals surface area (Å²) in [4.78, 5) is 3.75. The van der Waals surface area contributed by atoms with Gasteiger partial charge >= 0.3 is 0 Å². The van der Waals surface area contributed by atoms with Gasteiger partial charge in [-0.2, -0.15) is 0 Å². The van der Waals surface area contributed by atoms with Gasteiger partial charge in [0, 0.05) is 46.7 Å². The van der Waals surface area contributed by atoms with Gasteiger partial charge in [0.05, 0.1) is 0 Å². The Morgan fingerprint density at radius 3 is 1.24 bits per heavy atom. The summed E-state index contributed by atoms with van der Waals surface area (Å²) in [7, 11) is 3.81. The average molecular weight is 458 g/mol. The third-order valence-electron chi connectivity index (χ3n) is 3.15. The smallest absolute Gasteiger partial charge is 0.0410 e. The summed E-state index contributed by atoms with van der Waals surface area (Å²) in [5.74, 6) is 0. The first-order chi connectivity index (χ1) is 11.4. The summed E-state index contributed by atoms with van der Waals surface area (Å²) in [6, 6.07) is 20.3. The molecule has 2 rings (SSSR count). The molecule has 0 unspecified atom stereocenters. The van der Waals surface area contributed by atoms with Gasteiger partial charge < -0.3 is 59.5 Å². The number of hydrogen-bond acceptors (Lipinski definition) is 4. The third-order valence-corrected chi connectivity index (χ3v) is 4.40. The maximum atomic E-state index is 4.86. The third kappa shape index (κ3) is 10.8. The molecule has 0 saturated heterocycles. The van der Waals surface area contributed by atoms with Gasteiger partial charge in [0.15, 0.2) is 0 Å². The summed E-state index contributed by atoms with van der Waals surface area (Å²) < 4.78 is 1.03. The van der Waals surface area contributed by atoms with Gasteiger partial charge in [-0.3, -0.25) is 0 Å². The largest absolute Gasteiger partial charge is 0.411 e. The quantitative estimate of drug-likeness (QED) is 0.387. The maximum Gasteiger partial charge on any atom is 0.0410 e. The van der Waals surface area contributed by atoms with Crippen LogP contribution < -0.4 is 0 Å². The van der Waals surface area contributed by atoms with Crippen LogP contribution in [-0.2, 0) is 57.8 Å². The Hall–Kier alpha value is -0.717. The van der Waals surface area contributed by atoms with Crippen molar-refractivity contribution in [3.8, 4) is 0 Å². The molecule has 0 amide bonds. The van der Waals surface area contributed by atoms with Crippen LogP contribution in [0.2, 0.25) is 0 Å². The van der Waals surface area contributed by atoms with Gasteiger partial charge in [0.2, 0.25) is 0 Å². The molecule has 0 radical (unpaired) electrons. The van der Waals surface area contributed by atoms with Crippen molar-refractivity contribution >= 4 is 58.3 Å². The van der Waals surface area contributed by atoms with E-state index in [4.69, 9.17) is 49.7 Å². The molecule has 0 N–H and O–H groups in total. The second kappa shape index (κ2) is 13.5. The summed E-state index contributed by atoms with van der Waals surface area (Å²) in [6.07, 6.45) is 0. The maximum absolute atomic E-state index is 4.86. The minimum absolute atomic E-state index is 0. The van der Waals surface area contributed by atoms with E-state index in [1.54, 1.807) is 0 Å². The molecule has 0 aromatic heterocycles. The zero-order chi connectivity index (χ0) is 17.9. The van der Waals surface area contributed by atoms with Crippen molar-refractivity contribution in [3.05, 3.63) is 71.8 Å². The number of benzene rings is 2. The Kier molecular flexibility index (Phi) is 13.1. The monoisotopic (exact) mass is 456 g/mol. The fraction of sp³-hybridized carbons (Fsp3) is 0.222. The molecule has 130 valence electrons. The fourth-order valence-corrected chi connectivity index (χ4v) is 2.10. The molecule has 0 heterocycles. The topological polar surface area (TPSA) is 6.48 Å².